The molecule has 1 N–H and O–H groups in total. The average Bonchev–Trinajstić information content (AvgIpc) is 3.07. The van der Waals surface area contributed by atoms with E-state index >= 15 is 0 Å². The lowest BCUT2D eigenvalue weighted by Crippen LogP contribution is -2.46. The fourth-order valence-corrected chi connectivity index (χ4v) is 3.21. The average molecular weight is 355 g/mol. The van der Waals surface area contributed by atoms with E-state index in [1.54, 1.807) is 11.1 Å². The summed E-state index contributed by atoms with van der Waals surface area (Å²) >= 11 is 0. The number of likely N-dealkylation sites (tertiary alicyclic amines) is 1. The maximum absolute atomic E-state index is 12.4. The maximum atomic E-state index is 12.4. The monoisotopic (exact) mass is 355 g/mol. The molecule has 2 aromatic heterocycles. The van der Waals surface area contributed by atoms with E-state index in [0.29, 0.717) is 45.3 Å². The van der Waals surface area contributed by atoms with Crippen LogP contribution in [0.15, 0.2) is 40.9 Å². The van der Waals surface area contributed by atoms with E-state index in [2.05, 4.69) is 10.3 Å². The number of nitrogens with zero attached hydrogens (tertiary/aromatic N) is 2. The maximum Gasteiger partial charge on any atom is 0.224 e. The number of carbonyl (C=O) groups excluding carboxylic acids is 2. The normalized spacial score (nSPS) is 17.3. The first-order valence-corrected chi connectivity index (χ1v) is 9.12. The number of hydrogen-bond donors (Lipinski definition) is 1. The minimum absolute atomic E-state index is 0.0172. The van der Waals surface area contributed by atoms with Crippen LogP contribution < -0.4 is 5.32 Å². The number of pyridine rings is 1. The minimum atomic E-state index is -0.144. The Morgan fingerprint density at radius 2 is 2.19 bits per heavy atom. The first-order chi connectivity index (χ1) is 12.6. The van der Waals surface area contributed by atoms with Crippen LogP contribution in [0.3, 0.4) is 0 Å². The topological polar surface area (TPSA) is 75.4 Å². The van der Waals surface area contributed by atoms with E-state index in [-0.39, 0.29) is 17.7 Å². The van der Waals surface area contributed by atoms with Gasteiger partial charge in [-0.15, -0.1) is 0 Å². The summed E-state index contributed by atoms with van der Waals surface area (Å²) in [5.74, 6) is 1.74. The van der Waals surface area contributed by atoms with Gasteiger partial charge in [0.2, 0.25) is 11.8 Å². The minimum Gasteiger partial charge on any atom is -0.466 e. The second kappa shape index (κ2) is 8.65. The predicted octanol–water partition coefficient (Wildman–Crippen LogP) is 2.12. The van der Waals surface area contributed by atoms with Gasteiger partial charge >= 0.3 is 0 Å². The summed E-state index contributed by atoms with van der Waals surface area (Å²) in [6.07, 6.45) is 4.18. The molecular weight excluding hydrogens is 330 g/mol. The molecular formula is C20H25N3O3. The summed E-state index contributed by atoms with van der Waals surface area (Å²) in [6, 6.07) is 9.62. The van der Waals surface area contributed by atoms with Crippen molar-refractivity contribution in [2.24, 2.45) is 5.92 Å². The molecule has 2 aromatic rings. The summed E-state index contributed by atoms with van der Waals surface area (Å²) in [5.41, 5.74) is 0.959. The van der Waals surface area contributed by atoms with Crippen LogP contribution in [0.25, 0.3) is 0 Å². The zero-order chi connectivity index (χ0) is 18.4. The van der Waals surface area contributed by atoms with Gasteiger partial charge in [0.15, 0.2) is 0 Å². The van der Waals surface area contributed by atoms with Gasteiger partial charge in [0.05, 0.1) is 5.92 Å². The predicted molar refractivity (Wildman–Crippen MR) is 97.4 cm³/mol. The Morgan fingerprint density at radius 3 is 2.92 bits per heavy atom. The van der Waals surface area contributed by atoms with Crippen LogP contribution >= 0.6 is 0 Å². The second-order valence-electron chi connectivity index (χ2n) is 6.70. The van der Waals surface area contributed by atoms with E-state index in [4.69, 9.17) is 4.42 Å². The van der Waals surface area contributed by atoms with Crippen LogP contribution in [0.2, 0.25) is 0 Å². The van der Waals surface area contributed by atoms with E-state index in [1.807, 2.05) is 37.3 Å². The first-order valence-electron chi connectivity index (χ1n) is 9.12. The molecule has 1 saturated heterocycles. The van der Waals surface area contributed by atoms with Crippen LogP contribution in [-0.2, 0) is 22.4 Å². The number of rotatable bonds is 7. The highest BCUT2D eigenvalue weighted by Gasteiger charge is 2.29. The quantitative estimate of drug-likeness (QED) is 0.825. The number of carbonyl (C=O) groups is 2. The number of hydrogen-bond acceptors (Lipinski definition) is 4. The van der Waals surface area contributed by atoms with Crippen molar-refractivity contribution in [2.45, 2.75) is 32.6 Å². The number of aryl methyl sites for hydroxylation is 1. The Morgan fingerprint density at radius 1 is 1.31 bits per heavy atom. The van der Waals surface area contributed by atoms with Crippen LogP contribution in [0.1, 0.15) is 30.1 Å². The molecule has 1 aliphatic rings. The molecule has 1 atom stereocenters. The van der Waals surface area contributed by atoms with Gasteiger partial charge in [0.25, 0.3) is 0 Å². The third-order valence-electron chi connectivity index (χ3n) is 4.70. The molecule has 0 spiro atoms. The third kappa shape index (κ3) is 4.94. The third-order valence-corrected chi connectivity index (χ3v) is 4.70. The van der Waals surface area contributed by atoms with Gasteiger partial charge in [0.1, 0.15) is 11.5 Å². The molecule has 0 bridgehead atoms. The SMILES string of the molecule is Cc1ccc(CCNC(=O)C2CCC(=O)N(CCc3ccccn3)C2)o1. The smallest absolute Gasteiger partial charge is 0.224 e. The molecule has 138 valence electrons. The molecule has 0 aromatic carbocycles. The van der Waals surface area contributed by atoms with Crippen LogP contribution in [0.4, 0.5) is 0 Å². The molecule has 26 heavy (non-hydrogen) atoms. The highest BCUT2D eigenvalue weighted by atomic mass is 16.3. The zero-order valence-electron chi connectivity index (χ0n) is 15.1. The van der Waals surface area contributed by atoms with Gasteiger partial charge in [-0.1, -0.05) is 6.07 Å². The van der Waals surface area contributed by atoms with Crippen molar-refractivity contribution in [1.29, 1.82) is 0 Å². The van der Waals surface area contributed by atoms with Crippen LogP contribution in [-0.4, -0.2) is 41.3 Å². The van der Waals surface area contributed by atoms with Crippen molar-refractivity contribution < 1.29 is 14.0 Å². The van der Waals surface area contributed by atoms with Gasteiger partial charge in [0, 0.05) is 50.8 Å². The van der Waals surface area contributed by atoms with Crippen molar-refractivity contribution in [3.8, 4) is 0 Å². The number of furan rings is 1. The Kier molecular flexibility index (Phi) is 6.04. The number of nitrogens with one attached hydrogen (secondary N) is 1. The fourth-order valence-electron chi connectivity index (χ4n) is 3.21. The highest BCUT2D eigenvalue weighted by molar-refractivity contribution is 5.83. The van der Waals surface area contributed by atoms with E-state index < -0.39 is 0 Å². The molecule has 6 heteroatoms. The standard InChI is InChI=1S/C20H25N3O3/c1-15-5-7-18(26-15)9-12-22-20(25)16-6-8-19(24)23(14-16)13-10-17-4-2-3-11-21-17/h2-5,7,11,16H,6,8-10,12-14H2,1H3,(H,22,25). The Labute approximate surface area is 153 Å². The summed E-state index contributed by atoms with van der Waals surface area (Å²) in [4.78, 5) is 30.7. The summed E-state index contributed by atoms with van der Waals surface area (Å²) in [6.45, 7) is 3.54. The Bertz CT molecular complexity index is 742. The van der Waals surface area contributed by atoms with E-state index in [0.717, 1.165) is 17.2 Å². The molecule has 0 radical (unpaired) electrons. The van der Waals surface area contributed by atoms with Crippen LogP contribution in [0.5, 0.6) is 0 Å². The molecule has 0 saturated carbocycles. The fraction of sp³-hybridized carbons (Fsp3) is 0.450. The van der Waals surface area contributed by atoms with Crippen LogP contribution in [0, 0.1) is 12.8 Å². The molecule has 1 aliphatic heterocycles. The van der Waals surface area contributed by atoms with Crippen molar-refractivity contribution in [1.82, 2.24) is 15.2 Å². The molecule has 2 amide bonds. The molecule has 0 aliphatic carbocycles. The van der Waals surface area contributed by atoms with E-state index in [9.17, 15) is 9.59 Å². The molecule has 3 heterocycles. The lowest BCUT2D eigenvalue weighted by Gasteiger charge is -2.32. The second-order valence-corrected chi connectivity index (χ2v) is 6.70. The lowest BCUT2D eigenvalue weighted by molar-refractivity contribution is -0.138. The number of amides is 2. The van der Waals surface area contributed by atoms with Gasteiger partial charge in [-0.25, -0.2) is 0 Å². The van der Waals surface area contributed by atoms with Crippen molar-refractivity contribution in [3.05, 3.63) is 53.7 Å². The van der Waals surface area contributed by atoms with Crippen molar-refractivity contribution in [3.63, 3.8) is 0 Å². The van der Waals surface area contributed by atoms with Crippen molar-refractivity contribution in [2.75, 3.05) is 19.6 Å². The zero-order valence-corrected chi connectivity index (χ0v) is 15.1. The molecule has 3 rings (SSSR count). The summed E-state index contributed by atoms with van der Waals surface area (Å²) < 4.78 is 5.51. The van der Waals surface area contributed by atoms with E-state index in [1.165, 1.54) is 0 Å². The highest BCUT2D eigenvalue weighted by Crippen LogP contribution is 2.18. The molecule has 6 nitrogen and oxygen atoms in total. The summed E-state index contributed by atoms with van der Waals surface area (Å²) in [5, 5.41) is 2.97. The number of piperidine rings is 1. The van der Waals surface area contributed by atoms with Gasteiger partial charge < -0.3 is 14.6 Å². The first kappa shape index (κ1) is 18.2. The summed E-state index contributed by atoms with van der Waals surface area (Å²) in [7, 11) is 0. The largest absolute Gasteiger partial charge is 0.466 e. The van der Waals surface area contributed by atoms with Gasteiger partial charge in [-0.05, 0) is 37.6 Å². The Hall–Kier alpha value is -2.63. The molecule has 1 fully saturated rings. The number of aromatic nitrogens is 1. The van der Waals surface area contributed by atoms with Gasteiger partial charge in [-0.3, -0.25) is 14.6 Å². The van der Waals surface area contributed by atoms with Crippen molar-refractivity contribution >= 4 is 11.8 Å². The van der Waals surface area contributed by atoms with Gasteiger partial charge in [-0.2, -0.15) is 0 Å². The molecule has 1 unspecified atom stereocenters. The Balaban J connectivity index is 1.45. The lowest BCUT2D eigenvalue weighted by atomic mass is 9.96.